The van der Waals surface area contributed by atoms with Gasteiger partial charge in [0.1, 0.15) is 0 Å². The fraction of sp³-hybridized carbons (Fsp3) is 0.500. The first-order chi connectivity index (χ1) is 5.62. The lowest BCUT2D eigenvalue weighted by Crippen LogP contribution is -2.35. The number of halogens is 1. The Bertz CT molecular complexity index is 257. The topological polar surface area (TPSA) is 46.2 Å². The van der Waals surface area contributed by atoms with Crippen LogP contribution in [-0.4, -0.2) is 18.3 Å². The Kier molecular flexibility index (Phi) is 3.29. The lowest BCUT2D eigenvalue weighted by molar-refractivity contribution is 0.210. The molecule has 3 N–H and O–H groups in total. The average molecular weight is 250 g/mol. The Balaban J connectivity index is 2.94. The summed E-state index contributed by atoms with van der Waals surface area (Å²) in [7, 11) is 0. The van der Waals surface area contributed by atoms with E-state index in [2.05, 4.69) is 15.9 Å². The summed E-state index contributed by atoms with van der Waals surface area (Å²) < 4.78 is 1.07. The van der Waals surface area contributed by atoms with E-state index in [1.54, 1.807) is 11.3 Å². The van der Waals surface area contributed by atoms with Crippen molar-refractivity contribution in [1.82, 2.24) is 0 Å². The van der Waals surface area contributed by atoms with Crippen LogP contribution in [0, 0.1) is 0 Å². The predicted molar refractivity (Wildman–Crippen MR) is 55.5 cm³/mol. The van der Waals surface area contributed by atoms with Crippen molar-refractivity contribution in [1.29, 1.82) is 0 Å². The third-order valence-electron chi connectivity index (χ3n) is 2.06. The van der Waals surface area contributed by atoms with Gasteiger partial charge in [-0.2, -0.15) is 0 Å². The molecule has 68 valence electrons. The number of hydrogen-bond donors (Lipinski definition) is 2. The number of hydrogen-bond acceptors (Lipinski definition) is 3. The number of aliphatic hydroxyl groups is 1. The first-order valence-electron chi connectivity index (χ1n) is 3.68. The third kappa shape index (κ3) is 1.88. The maximum atomic E-state index is 9.16. The molecule has 4 heteroatoms. The Morgan fingerprint density at radius 3 is 2.75 bits per heavy atom. The van der Waals surface area contributed by atoms with Gasteiger partial charge in [0, 0.05) is 12.0 Å². The van der Waals surface area contributed by atoms with Gasteiger partial charge in [-0.15, -0.1) is 11.3 Å². The molecule has 12 heavy (non-hydrogen) atoms. The third-order valence-corrected chi connectivity index (χ3v) is 3.57. The molecule has 1 heterocycles. The summed E-state index contributed by atoms with van der Waals surface area (Å²) >= 11 is 4.99. The quantitative estimate of drug-likeness (QED) is 0.858. The molecule has 0 saturated carbocycles. The minimum absolute atomic E-state index is 0.0900. The van der Waals surface area contributed by atoms with Gasteiger partial charge in [0.15, 0.2) is 0 Å². The monoisotopic (exact) mass is 249 g/mol. The first-order valence-corrected chi connectivity index (χ1v) is 5.35. The lowest BCUT2D eigenvalue weighted by atomic mass is 9.85. The maximum Gasteiger partial charge on any atom is 0.0701 e. The van der Waals surface area contributed by atoms with Crippen LogP contribution >= 0.6 is 27.3 Å². The number of nitrogens with two attached hydrogens (primary N) is 1. The molecule has 1 aromatic heterocycles. The van der Waals surface area contributed by atoms with Gasteiger partial charge in [0.05, 0.1) is 10.4 Å². The van der Waals surface area contributed by atoms with Crippen LogP contribution in [0.5, 0.6) is 0 Å². The van der Waals surface area contributed by atoms with Crippen molar-refractivity contribution in [2.75, 3.05) is 13.2 Å². The molecule has 0 aliphatic carbocycles. The average Bonchev–Trinajstić information content (AvgIpc) is 2.51. The first kappa shape index (κ1) is 10.2. The molecule has 0 spiro atoms. The van der Waals surface area contributed by atoms with Crippen LogP contribution in [0.2, 0.25) is 0 Å². The second-order valence-corrected chi connectivity index (χ2v) is 5.35. The Hall–Kier alpha value is 0.100. The minimum Gasteiger partial charge on any atom is -0.395 e. The van der Waals surface area contributed by atoms with Crippen molar-refractivity contribution in [3.63, 3.8) is 0 Å². The van der Waals surface area contributed by atoms with Gasteiger partial charge in [-0.25, -0.2) is 0 Å². The van der Waals surface area contributed by atoms with E-state index in [0.717, 1.165) is 9.35 Å². The molecule has 0 bridgehead atoms. The maximum absolute atomic E-state index is 9.16. The zero-order chi connectivity index (χ0) is 9.19. The van der Waals surface area contributed by atoms with E-state index < -0.39 is 0 Å². The highest BCUT2D eigenvalue weighted by Gasteiger charge is 2.24. The molecule has 1 aromatic rings. The van der Waals surface area contributed by atoms with Gasteiger partial charge < -0.3 is 10.8 Å². The Morgan fingerprint density at radius 1 is 1.75 bits per heavy atom. The van der Waals surface area contributed by atoms with Crippen molar-refractivity contribution in [2.45, 2.75) is 12.3 Å². The van der Waals surface area contributed by atoms with E-state index in [0.29, 0.717) is 6.54 Å². The summed E-state index contributed by atoms with van der Waals surface area (Å²) in [4.78, 5) is 0. The SMILES string of the molecule is CC(CN)(CO)c1csc(Br)c1. The van der Waals surface area contributed by atoms with Gasteiger partial charge in [-0.3, -0.25) is 0 Å². The summed E-state index contributed by atoms with van der Waals surface area (Å²) in [5.41, 5.74) is 6.40. The van der Waals surface area contributed by atoms with Crippen molar-refractivity contribution in [3.8, 4) is 0 Å². The van der Waals surface area contributed by atoms with E-state index in [1.165, 1.54) is 0 Å². The highest BCUT2D eigenvalue weighted by Crippen LogP contribution is 2.29. The molecule has 1 atom stereocenters. The molecule has 1 rings (SSSR count). The molecular weight excluding hydrogens is 238 g/mol. The highest BCUT2D eigenvalue weighted by atomic mass is 79.9. The van der Waals surface area contributed by atoms with E-state index in [4.69, 9.17) is 10.8 Å². The smallest absolute Gasteiger partial charge is 0.0701 e. The van der Waals surface area contributed by atoms with Gasteiger partial charge in [-0.1, -0.05) is 6.92 Å². The van der Waals surface area contributed by atoms with Crippen LogP contribution in [0.1, 0.15) is 12.5 Å². The predicted octanol–water partition coefficient (Wildman–Crippen LogP) is 1.72. The molecule has 0 aliphatic heterocycles. The number of aliphatic hydroxyl groups excluding tert-OH is 1. The van der Waals surface area contributed by atoms with Gasteiger partial charge in [0.25, 0.3) is 0 Å². The van der Waals surface area contributed by atoms with Crippen molar-refractivity contribution in [2.24, 2.45) is 5.73 Å². The van der Waals surface area contributed by atoms with Crippen LogP contribution in [0.15, 0.2) is 15.2 Å². The van der Waals surface area contributed by atoms with Crippen LogP contribution in [-0.2, 0) is 5.41 Å². The number of thiophene rings is 1. The summed E-state index contributed by atoms with van der Waals surface area (Å²) in [6.07, 6.45) is 0. The molecule has 0 saturated heterocycles. The van der Waals surface area contributed by atoms with E-state index in [9.17, 15) is 0 Å². The van der Waals surface area contributed by atoms with Crippen molar-refractivity contribution in [3.05, 3.63) is 20.8 Å². The van der Waals surface area contributed by atoms with Gasteiger partial charge in [0.2, 0.25) is 0 Å². The van der Waals surface area contributed by atoms with Crippen molar-refractivity contribution < 1.29 is 5.11 Å². The molecule has 0 fully saturated rings. The van der Waals surface area contributed by atoms with E-state index >= 15 is 0 Å². The standard InChI is InChI=1S/C8H12BrNOS/c1-8(4-10,5-11)6-2-7(9)12-3-6/h2-3,11H,4-5,10H2,1H3. The van der Waals surface area contributed by atoms with Crippen molar-refractivity contribution >= 4 is 27.3 Å². The van der Waals surface area contributed by atoms with E-state index in [-0.39, 0.29) is 12.0 Å². The summed E-state index contributed by atoms with van der Waals surface area (Å²) in [5.74, 6) is 0. The fourth-order valence-corrected chi connectivity index (χ4v) is 2.21. The second-order valence-electron chi connectivity index (χ2n) is 3.06. The Labute approximate surface area is 84.5 Å². The molecule has 0 aliphatic rings. The van der Waals surface area contributed by atoms with Crippen LogP contribution < -0.4 is 5.73 Å². The van der Waals surface area contributed by atoms with E-state index in [1.807, 2.05) is 18.4 Å². The molecule has 0 radical (unpaired) electrons. The minimum atomic E-state index is -0.289. The van der Waals surface area contributed by atoms with Gasteiger partial charge in [-0.05, 0) is 32.9 Å². The summed E-state index contributed by atoms with van der Waals surface area (Å²) in [6, 6.07) is 2.01. The normalized spacial score (nSPS) is 16.0. The Morgan fingerprint density at radius 2 is 2.42 bits per heavy atom. The zero-order valence-corrected chi connectivity index (χ0v) is 9.28. The lowest BCUT2D eigenvalue weighted by Gasteiger charge is -2.23. The number of rotatable bonds is 3. The zero-order valence-electron chi connectivity index (χ0n) is 6.88. The molecular formula is C8H12BrNOS. The van der Waals surface area contributed by atoms with Crippen LogP contribution in [0.25, 0.3) is 0 Å². The second kappa shape index (κ2) is 3.87. The molecule has 0 aromatic carbocycles. The summed E-state index contributed by atoms with van der Waals surface area (Å²) in [6.45, 7) is 2.51. The largest absolute Gasteiger partial charge is 0.395 e. The van der Waals surface area contributed by atoms with Gasteiger partial charge >= 0.3 is 0 Å². The molecule has 1 unspecified atom stereocenters. The fourth-order valence-electron chi connectivity index (χ4n) is 0.900. The summed E-state index contributed by atoms with van der Waals surface area (Å²) in [5, 5.41) is 11.2. The highest BCUT2D eigenvalue weighted by molar-refractivity contribution is 9.11. The van der Waals surface area contributed by atoms with Crippen LogP contribution in [0.3, 0.4) is 0 Å². The molecule has 0 amide bonds. The van der Waals surface area contributed by atoms with Crippen LogP contribution in [0.4, 0.5) is 0 Å². The molecule has 2 nitrogen and oxygen atoms in total.